The van der Waals surface area contributed by atoms with Crippen molar-refractivity contribution in [2.24, 2.45) is 0 Å². The first-order valence-electron chi connectivity index (χ1n) is 4.45. The molecule has 1 heterocycles. The lowest BCUT2D eigenvalue weighted by atomic mass is 10.1. The summed E-state index contributed by atoms with van der Waals surface area (Å²) in [6.07, 6.45) is 1.46. The quantitative estimate of drug-likeness (QED) is 0.891. The van der Waals surface area contributed by atoms with Gasteiger partial charge in [-0.25, -0.2) is 9.37 Å². The highest BCUT2D eigenvalue weighted by molar-refractivity contribution is 9.10. The number of halogens is 2. The molecule has 1 aromatic carbocycles. The first-order valence-corrected chi connectivity index (χ1v) is 5.25. The number of ether oxygens (including phenoxy) is 1. The van der Waals surface area contributed by atoms with Crippen molar-refractivity contribution >= 4 is 21.9 Å². The zero-order chi connectivity index (χ0) is 11.7. The lowest BCUT2D eigenvalue weighted by Crippen LogP contribution is -1.93. The summed E-state index contributed by atoms with van der Waals surface area (Å²) in [5.41, 5.74) is 6.25. The van der Waals surface area contributed by atoms with Crippen molar-refractivity contribution in [3.8, 4) is 17.0 Å². The van der Waals surface area contributed by atoms with Gasteiger partial charge in [0.25, 0.3) is 0 Å². The van der Waals surface area contributed by atoms with Gasteiger partial charge in [0.2, 0.25) is 0 Å². The molecule has 6 heteroatoms. The van der Waals surface area contributed by atoms with Crippen LogP contribution in [0.25, 0.3) is 11.3 Å². The number of rotatable bonds is 2. The minimum Gasteiger partial charge on any atom is -0.496 e. The molecule has 0 unspecified atom stereocenters. The summed E-state index contributed by atoms with van der Waals surface area (Å²) in [6, 6.07) is 3.03. The smallest absolute Gasteiger partial charge is 0.197 e. The zero-order valence-electron chi connectivity index (χ0n) is 8.42. The Kier molecular flexibility index (Phi) is 2.82. The van der Waals surface area contributed by atoms with E-state index in [4.69, 9.17) is 10.5 Å². The number of aromatic nitrogens is 2. The Morgan fingerprint density at radius 3 is 2.81 bits per heavy atom. The van der Waals surface area contributed by atoms with Gasteiger partial charge in [0.15, 0.2) is 5.95 Å². The maximum atomic E-state index is 13.8. The third kappa shape index (κ3) is 1.88. The van der Waals surface area contributed by atoms with E-state index in [0.29, 0.717) is 21.5 Å². The van der Waals surface area contributed by atoms with Gasteiger partial charge in [-0.15, -0.1) is 0 Å². The first-order chi connectivity index (χ1) is 7.61. The Morgan fingerprint density at radius 2 is 2.25 bits per heavy atom. The van der Waals surface area contributed by atoms with Gasteiger partial charge in [0.1, 0.15) is 11.6 Å². The van der Waals surface area contributed by atoms with E-state index in [-0.39, 0.29) is 5.95 Å². The Hall–Kier alpha value is -1.56. The number of nitrogen functional groups attached to an aromatic ring is 1. The van der Waals surface area contributed by atoms with E-state index in [2.05, 4.69) is 25.9 Å². The maximum absolute atomic E-state index is 13.8. The number of hydrogen-bond acceptors (Lipinski definition) is 3. The third-order valence-corrected chi connectivity index (χ3v) is 2.56. The average Bonchev–Trinajstić information content (AvgIpc) is 2.63. The molecular weight excluding hydrogens is 277 g/mol. The van der Waals surface area contributed by atoms with Crippen molar-refractivity contribution in [3.05, 3.63) is 28.6 Å². The van der Waals surface area contributed by atoms with Gasteiger partial charge in [-0.2, -0.15) is 0 Å². The monoisotopic (exact) mass is 285 g/mol. The topological polar surface area (TPSA) is 63.9 Å². The Labute approximate surface area is 99.8 Å². The van der Waals surface area contributed by atoms with Crippen molar-refractivity contribution in [1.29, 1.82) is 0 Å². The molecule has 0 aliphatic heterocycles. The van der Waals surface area contributed by atoms with Crippen LogP contribution in [0.5, 0.6) is 5.75 Å². The number of aromatic amines is 1. The highest BCUT2D eigenvalue weighted by Crippen LogP contribution is 2.34. The van der Waals surface area contributed by atoms with Crippen LogP contribution in [0, 0.1) is 5.82 Å². The molecule has 2 rings (SSSR count). The fourth-order valence-corrected chi connectivity index (χ4v) is 1.84. The molecule has 0 aliphatic rings. The summed E-state index contributed by atoms with van der Waals surface area (Å²) in [5.74, 6) is 0.241. The predicted octanol–water partition coefficient (Wildman–Crippen LogP) is 2.57. The van der Waals surface area contributed by atoms with Gasteiger partial charge in [0, 0.05) is 4.47 Å². The summed E-state index contributed by atoms with van der Waals surface area (Å²) in [5, 5.41) is 0. The second-order valence-electron chi connectivity index (χ2n) is 3.15. The molecular formula is C10H9BrFN3O. The fourth-order valence-electron chi connectivity index (χ4n) is 1.44. The standard InChI is InChI=1S/C10H9BrFN3O/c1-16-8-3-5(11)2-6(12)9(8)7-4-14-10(13)15-7/h2-4H,1H3,(H3,13,14,15). The third-order valence-electron chi connectivity index (χ3n) is 2.10. The van der Waals surface area contributed by atoms with Gasteiger partial charge < -0.3 is 15.5 Å². The van der Waals surface area contributed by atoms with Gasteiger partial charge in [-0.3, -0.25) is 0 Å². The maximum Gasteiger partial charge on any atom is 0.197 e. The fraction of sp³-hybridized carbons (Fsp3) is 0.100. The number of H-pyrrole nitrogens is 1. The van der Waals surface area contributed by atoms with E-state index in [1.54, 1.807) is 6.07 Å². The summed E-state index contributed by atoms with van der Waals surface area (Å²) < 4.78 is 19.5. The molecule has 0 atom stereocenters. The van der Waals surface area contributed by atoms with Gasteiger partial charge in [-0.05, 0) is 12.1 Å². The molecule has 16 heavy (non-hydrogen) atoms. The van der Waals surface area contributed by atoms with Crippen molar-refractivity contribution in [1.82, 2.24) is 9.97 Å². The van der Waals surface area contributed by atoms with Crippen molar-refractivity contribution in [2.45, 2.75) is 0 Å². The van der Waals surface area contributed by atoms with Gasteiger partial charge >= 0.3 is 0 Å². The van der Waals surface area contributed by atoms with Crippen molar-refractivity contribution < 1.29 is 9.13 Å². The molecule has 0 saturated heterocycles. The van der Waals surface area contributed by atoms with Crippen LogP contribution in [0.4, 0.5) is 10.3 Å². The van der Waals surface area contributed by atoms with E-state index in [9.17, 15) is 4.39 Å². The number of methoxy groups -OCH3 is 1. The second kappa shape index (κ2) is 4.13. The van der Waals surface area contributed by atoms with E-state index in [1.807, 2.05) is 0 Å². The number of nitrogens with one attached hydrogen (secondary N) is 1. The highest BCUT2D eigenvalue weighted by Gasteiger charge is 2.15. The minimum absolute atomic E-state index is 0.236. The van der Waals surface area contributed by atoms with Crippen LogP contribution in [-0.2, 0) is 0 Å². The predicted molar refractivity (Wildman–Crippen MR) is 62.6 cm³/mol. The number of benzene rings is 1. The van der Waals surface area contributed by atoms with Crippen LogP contribution in [0.1, 0.15) is 0 Å². The Bertz CT molecular complexity index is 527. The number of anilines is 1. The van der Waals surface area contributed by atoms with Crippen LogP contribution in [-0.4, -0.2) is 17.1 Å². The molecule has 0 aliphatic carbocycles. The molecule has 3 N–H and O–H groups in total. The average molecular weight is 286 g/mol. The number of imidazole rings is 1. The summed E-state index contributed by atoms with van der Waals surface area (Å²) >= 11 is 3.20. The van der Waals surface area contributed by atoms with E-state index in [1.165, 1.54) is 19.4 Å². The zero-order valence-corrected chi connectivity index (χ0v) is 10.0. The summed E-state index contributed by atoms with van der Waals surface area (Å²) in [4.78, 5) is 6.58. The van der Waals surface area contributed by atoms with Gasteiger partial charge in [0.05, 0.1) is 24.6 Å². The molecule has 4 nitrogen and oxygen atoms in total. The molecule has 0 saturated carbocycles. The van der Waals surface area contributed by atoms with E-state index in [0.717, 1.165) is 0 Å². The summed E-state index contributed by atoms with van der Waals surface area (Å²) in [7, 11) is 1.48. The van der Waals surface area contributed by atoms with Crippen LogP contribution >= 0.6 is 15.9 Å². The Balaban J connectivity index is 2.63. The van der Waals surface area contributed by atoms with Crippen molar-refractivity contribution in [3.63, 3.8) is 0 Å². The molecule has 1 aromatic heterocycles. The second-order valence-corrected chi connectivity index (χ2v) is 4.06. The van der Waals surface area contributed by atoms with Crippen molar-refractivity contribution in [2.75, 3.05) is 12.8 Å². The largest absolute Gasteiger partial charge is 0.496 e. The SMILES string of the molecule is COc1cc(Br)cc(F)c1-c1cnc(N)[nH]1. The number of nitrogens with two attached hydrogens (primary N) is 1. The first kappa shape index (κ1) is 10.9. The minimum atomic E-state index is -0.408. The lowest BCUT2D eigenvalue weighted by Gasteiger charge is -2.08. The molecule has 0 bridgehead atoms. The van der Waals surface area contributed by atoms with Crippen LogP contribution in [0.3, 0.4) is 0 Å². The molecule has 2 aromatic rings. The van der Waals surface area contributed by atoms with Crippen LogP contribution in [0.15, 0.2) is 22.8 Å². The molecule has 84 valence electrons. The lowest BCUT2D eigenvalue weighted by molar-refractivity contribution is 0.413. The molecule has 0 fully saturated rings. The summed E-state index contributed by atoms with van der Waals surface area (Å²) in [6.45, 7) is 0. The molecule has 0 spiro atoms. The molecule has 0 amide bonds. The van der Waals surface area contributed by atoms with Crippen LogP contribution in [0.2, 0.25) is 0 Å². The molecule has 0 radical (unpaired) electrons. The Morgan fingerprint density at radius 1 is 1.50 bits per heavy atom. The van der Waals surface area contributed by atoms with Crippen LogP contribution < -0.4 is 10.5 Å². The number of nitrogens with zero attached hydrogens (tertiary/aromatic N) is 1. The highest BCUT2D eigenvalue weighted by atomic mass is 79.9. The number of hydrogen-bond donors (Lipinski definition) is 2. The van der Waals surface area contributed by atoms with E-state index < -0.39 is 5.82 Å². The normalized spacial score (nSPS) is 10.4. The van der Waals surface area contributed by atoms with E-state index >= 15 is 0 Å². The van der Waals surface area contributed by atoms with Gasteiger partial charge in [-0.1, -0.05) is 15.9 Å².